The molecule has 0 amide bonds. The van der Waals surface area contributed by atoms with E-state index in [1.54, 1.807) is 7.11 Å². The maximum absolute atomic E-state index is 10.1. The number of rotatable bonds is 11. The highest BCUT2D eigenvalue weighted by Gasteiger charge is 2.13. The minimum Gasteiger partial charge on any atom is -0.493 e. The normalized spacial score (nSPS) is 12.5. The van der Waals surface area contributed by atoms with E-state index in [2.05, 4.69) is 30.6 Å². The molecule has 0 saturated carbocycles. The molecule has 1 atom stereocenters. The monoisotopic (exact) mass is 336 g/mol. The first-order valence-corrected chi connectivity index (χ1v) is 8.36. The highest BCUT2D eigenvalue weighted by molar-refractivity contribution is 5.43. The van der Waals surface area contributed by atoms with Crippen LogP contribution in [0.3, 0.4) is 0 Å². The topological polar surface area (TPSA) is 54.0 Å². The fourth-order valence-corrected chi connectivity index (χ4v) is 2.15. The van der Waals surface area contributed by atoms with E-state index in [-0.39, 0.29) is 6.61 Å². The summed E-state index contributed by atoms with van der Waals surface area (Å²) in [4.78, 5) is 2.09. The summed E-state index contributed by atoms with van der Waals surface area (Å²) in [5, 5.41) is 13.5. The van der Waals surface area contributed by atoms with Crippen LogP contribution in [0.4, 0.5) is 0 Å². The van der Waals surface area contributed by atoms with Crippen LogP contribution in [0.5, 0.6) is 11.5 Å². The lowest BCUT2D eigenvalue weighted by molar-refractivity contribution is 0.0668. The molecule has 1 rings (SSSR count). The van der Waals surface area contributed by atoms with Gasteiger partial charge < -0.3 is 24.8 Å². The average Bonchev–Trinajstić information content (AvgIpc) is 2.52. The van der Waals surface area contributed by atoms with Gasteiger partial charge in [0.1, 0.15) is 12.7 Å². The van der Waals surface area contributed by atoms with Gasteiger partial charge in [-0.05, 0) is 45.5 Å². The first-order valence-electron chi connectivity index (χ1n) is 8.36. The Balaban J connectivity index is 2.62. The molecule has 0 saturated heterocycles. The first-order chi connectivity index (χ1) is 11.3. The van der Waals surface area contributed by atoms with Crippen LogP contribution in [-0.2, 0) is 6.54 Å². The minimum atomic E-state index is -0.549. The SMILES string of the molecule is C=C(C)CNCc1ccc(OC)c(OCC(O)CN(C)C(C)C)c1. The number of hydrogen-bond donors (Lipinski definition) is 2. The molecule has 0 aliphatic rings. The van der Waals surface area contributed by atoms with E-state index in [4.69, 9.17) is 9.47 Å². The van der Waals surface area contributed by atoms with Crippen molar-refractivity contribution in [1.29, 1.82) is 0 Å². The molecule has 0 radical (unpaired) electrons. The summed E-state index contributed by atoms with van der Waals surface area (Å²) >= 11 is 0. The quantitative estimate of drug-likeness (QED) is 0.608. The lowest BCUT2D eigenvalue weighted by Gasteiger charge is -2.24. The molecule has 1 unspecified atom stereocenters. The van der Waals surface area contributed by atoms with Crippen LogP contribution in [0.15, 0.2) is 30.4 Å². The zero-order valence-electron chi connectivity index (χ0n) is 15.6. The van der Waals surface area contributed by atoms with Gasteiger partial charge in [0.15, 0.2) is 11.5 Å². The van der Waals surface area contributed by atoms with E-state index in [1.807, 2.05) is 32.2 Å². The molecule has 1 aromatic carbocycles. The zero-order chi connectivity index (χ0) is 18.1. The predicted molar refractivity (Wildman–Crippen MR) is 98.8 cm³/mol. The van der Waals surface area contributed by atoms with Crippen molar-refractivity contribution in [3.8, 4) is 11.5 Å². The van der Waals surface area contributed by atoms with Gasteiger partial charge in [0.25, 0.3) is 0 Å². The third-order valence-electron chi connectivity index (χ3n) is 3.80. The van der Waals surface area contributed by atoms with Gasteiger partial charge in [-0.15, -0.1) is 0 Å². The summed E-state index contributed by atoms with van der Waals surface area (Å²) in [6.07, 6.45) is -0.549. The van der Waals surface area contributed by atoms with Gasteiger partial charge in [0.05, 0.1) is 7.11 Å². The third kappa shape index (κ3) is 7.34. The second-order valence-corrected chi connectivity index (χ2v) is 6.54. The fraction of sp³-hybridized carbons (Fsp3) is 0.579. The molecule has 0 spiro atoms. The molecule has 1 aromatic rings. The Morgan fingerprint density at radius 2 is 2.04 bits per heavy atom. The van der Waals surface area contributed by atoms with Crippen molar-refractivity contribution in [1.82, 2.24) is 10.2 Å². The number of nitrogens with one attached hydrogen (secondary N) is 1. The van der Waals surface area contributed by atoms with Gasteiger partial charge in [0, 0.05) is 25.7 Å². The van der Waals surface area contributed by atoms with Crippen LogP contribution < -0.4 is 14.8 Å². The molecule has 2 N–H and O–H groups in total. The second-order valence-electron chi connectivity index (χ2n) is 6.54. The maximum Gasteiger partial charge on any atom is 0.161 e. The first kappa shape index (κ1) is 20.5. The van der Waals surface area contributed by atoms with Gasteiger partial charge in [-0.2, -0.15) is 0 Å². The molecular formula is C19H32N2O3. The van der Waals surface area contributed by atoms with Crippen LogP contribution in [-0.4, -0.2) is 56.0 Å². The van der Waals surface area contributed by atoms with E-state index < -0.39 is 6.10 Å². The molecule has 5 heteroatoms. The van der Waals surface area contributed by atoms with Crippen molar-refractivity contribution in [2.24, 2.45) is 0 Å². The predicted octanol–water partition coefficient (Wildman–Crippen LogP) is 2.44. The number of methoxy groups -OCH3 is 1. The van der Waals surface area contributed by atoms with Gasteiger partial charge in [-0.25, -0.2) is 0 Å². The number of ether oxygens (including phenoxy) is 2. The van der Waals surface area contributed by atoms with Crippen LogP contribution in [0.25, 0.3) is 0 Å². The van der Waals surface area contributed by atoms with E-state index in [0.717, 1.165) is 24.2 Å². The summed E-state index contributed by atoms with van der Waals surface area (Å²) in [6, 6.07) is 6.22. The van der Waals surface area contributed by atoms with E-state index in [0.29, 0.717) is 24.1 Å². The van der Waals surface area contributed by atoms with Gasteiger partial charge in [0.2, 0.25) is 0 Å². The molecule has 0 heterocycles. The number of likely N-dealkylation sites (N-methyl/N-ethyl adjacent to an activating group) is 1. The highest BCUT2D eigenvalue weighted by Crippen LogP contribution is 2.28. The Morgan fingerprint density at radius 3 is 2.62 bits per heavy atom. The van der Waals surface area contributed by atoms with Crippen LogP contribution in [0.2, 0.25) is 0 Å². The second kappa shape index (κ2) is 10.3. The Labute approximate surface area is 146 Å². The minimum absolute atomic E-state index is 0.232. The lowest BCUT2D eigenvalue weighted by atomic mass is 10.2. The largest absolute Gasteiger partial charge is 0.493 e. The Hall–Kier alpha value is -1.56. The molecule has 0 aliphatic carbocycles. The van der Waals surface area contributed by atoms with Crippen molar-refractivity contribution >= 4 is 0 Å². The van der Waals surface area contributed by atoms with E-state index in [1.165, 1.54) is 0 Å². The number of hydrogen-bond acceptors (Lipinski definition) is 5. The van der Waals surface area contributed by atoms with Crippen molar-refractivity contribution in [2.75, 3.05) is 33.9 Å². The summed E-state index contributed by atoms with van der Waals surface area (Å²) in [5.74, 6) is 1.32. The summed E-state index contributed by atoms with van der Waals surface area (Å²) in [6.45, 7) is 12.4. The van der Waals surface area contributed by atoms with Crippen molar-refractivity contribution in [3.63, 3.8) is 0 Å². The Kier molecular flexibility index (Phi) is 8.82. The van der Waals surface area contributed by atoms with Gasteiger partial charge >= 0.3 is 0 Å². The number of benzene rings is 1. The summed E-state index contributed by atoms with van der Waals surface area (Å²) in [5.41, 5.74) is 2.19. The van der Waals surface area contributed by atoms with Crippen molar-refractivity contribution in [3.05, 3.63) is 35.9 Å². The van der Waals surface area contributed by atoms with Crippen LogP contribution >= 0.6 is 0 Å². The molecular weight excluding hydrogens is 304 g/mol. The van der Waals surface area contributed by atoms with E-state index in [9.17, 15) is 5.11 Å². The molecule has 0 bridgehead atoms. The fourth-order valence-electron chi connectivity index (χ4n) is 2.15. The standard InChI is InChI=1S/C19H32N2O3/c1-14(2)10-20-11-16-7-8-18(23-6)19(9-16)24-13-17(22)12-21(5)15(3)4/h7-9,15,17,20,22H,1,10-13H2,2-6H3. The average molecular weight is 336 g/mol. The van der Waals surface area contributed by atoms with E-state index >= 15 is 0 Å². The Bertz CT molecular complexity index is 517. The molecule has 0 aliphatic heterocycles. The molecule has 24 heavy (non-hydrogen) atoms. The molecule has 0 fully saturated rings. The summed E-state index contributed by atoms with van der Waals surface area (Å²) in [7, 11) is 3.60. The number of aliphatic hydroxyl groups excluding tert-OH is 1. The molecule has 5 nitrogen and oxygen atoms in total. The van der Waals surface area contributed by atoms with Gasteiger partial charge in [-0.1, -0.05) is 18.2 Å². The lowest BCUT2D eigenvalue weighted by Crippen LogP contribution is -2.37. The highest BCUT2D eigenvalue weighted by atomic mass is 16.5. The zero-order valence-corrected chi connectivity index (χ0v) is 15.6. The summed E-state index contributed by atoms with van der Waals surface area (Å²) < 4.78 is 11.1. The third-order valence-corrected chi connectivity index (χ3v) is 3.80. The van der Waals surface area contributed by atoms with Gasteiger partial charge in [-0.3, -0.25) is 0 Å². The maximum atomic E-state index is 10.1. The van der Waals surface area contributed by atoms with Crippen molar-refractivity contribution in [2.45, 2.75) is 39.5 Å². The molecule has 136 valence electrons. The molecule has 0 aromatic heterocycles. The number of aliphatic hydroxyl groups is 1. The van der Waals surface area contributed by atoms with Crippen LogP contribution in [0, 0.1) is 0 Å². The Morgan fingerprint density at radius 1 is 1.33 bits per heavy atom. The number of nitrogens with zero attached hydrogens (tertiary/aromatic N) is 1. The van der Waals surface area contributed by atoms with Crippen LogP contribution in [0.1, 0.15) is 26.3 Å². The van der Waals surface area contributed by atoms with Crippen molar-refractivity contribution < 1.29 is 14.6 Å². The smallest absolute Gasteiger partial charge is 0.161 e.